The molecule has 7 heteroatoms. The summed E-state index contributed by atoms with van der Waals surface area (Å²) >= 11 is 4.99. The summed E-state index contributed by atoms with van der Waals surface area (Å²) in [6.07, 6.45) is 0.987. The fourth-order valence-corrected chi connectivity index (χ4v) is 1.81. The molecule has 0 aliphatic carbocycles. The van der Waals surface area contributed by atoms with Gasteiger partial charge in [0.25, 0.3) is 0 Å². The van der Waals surface area contributed by atoms with E-state index in [9.17, 15) is 4.79 Å². The van der Waals surface area contributed by atoms with Crippen molar-refractivity contribution in [2.75, 3.05) is 0 Å². The largest absolute Gasteiger partial charge is 0.466 e. The molecule has 0 spiro atoms. The Bertz CT molecular complexity index is 626. The lowest BCUT2D eigenvalue weighted by Gasteiger charge is -2.03. The van der Waals surface area contributed by atoms with Crippen LogP contribution in [0.3, 0.4) is 0 Å². The van der Waals surface area contributed by atoms with Crippen LogP contribution in [-0.2, 0) is 24.8 Å². The van der Waals surface area contributed by atoms with E-state index in [1.54, 1.807) is 11.6 Å². The number of nitrogens with zero attached hydrogens (tertiary/aromatic N) is 2. The number of aromatic nitrogens is 3. The highest BCUT2D eigenvalue weighted by Crippen LogP contribution is 2.08. The minimum Gasteiger partial charge on any atom is -0.466 e. The van der Waals surface area contributed by atoms with E-state index in [1.807, 2.05) is 19.1 Å². The van der Waals surface area contributed by atoms with Gasteiger partial charge in [-0.25, -0.2) is 0 Å². The number of nitrogens with one attached hydrogen (secondary N) is 2. The number of carbonyl (C=O) groups excluding carboxylic acids is 1. The van der Waals surface area contributed by atoms with Gasteiger partial charge in [-0.3, -0.25) is 9.89 Å². The van der Waals surface area contributed by atoms with Crippen LogP contribution in [0.4, 0.5) is 0 Å². The second-order valence-electron chi connectivity index (χ2n) is 4.29. The number of aryl methyl sites for hydroxylation is 2. The highest BCUT2D eigenvalue weighted by atomic mass is 32.1. The summed E-state index contributed by atoms with van der Waals surface area (Å²) in [4.78, 5) is 11.7. The number of carbonyl (C=O) groups is 1. The fourth-order valence-electron chi connectivity index (χ4n) is 1.66. The Kier molecular flexibility index (Phi) is 4.16. The van der Waals surface area contributed by atoms with E-state index in [1.165, 1.54) is 0 Å². The molecule has 19 heavy (non-hydrogen) atoms. The van der Waals surface area contributed by atoms with Crippen molar-refractivity contribution in [3.05, 3.63) is 34.2 Å². The predicted octanol–water partition coefficient (Wildman–Crippen LogP) is 1.63. The predicted molar refractivity (Wildman–Crippen MR) is 72.0 cm³/mol. The van der Waals surface area contributed by atoms with E-state index in [0.717, 1.165) is 11.5 Å². The van der Waals surface area contributed by atoms with E-state index in [0.29, 0.717) is 30.0 Å². The van der Waals surface area contributed by atoms with Gasteiger partial charge >= 0.3 is 0 Å². The molecule has 2 N–H and O–H groups in total. The summed E-state index contributed by atoms with van der Waals surface area (Å²) < 4.78 is 7.67. The van der Waals surface area contributed by atoms with Crippen LogP contribution in [-0.4, -0.2) is 20.7 Å². The van der Waals surface area contributed by atoms with Gasteiger partial charge < -0.3 is 14.3 Å². The molecule has 1 amide bonds. The molecule has 0 saturated carbocycles. The van der Waals surface area contributed by atoms with Gasteiger partial charge in [-0.2, -0.15) is 5.10 Å². The molecule has 2 heterocycles. The number of hydrogen-bond donors (Lipinski definition) is 2. The molecule has 0 radical (unpaired) electrons. The average Bonchev–Trinajstić information content (AvgIpc) is 2.93. The molecule has 6 nitrogen and oxygen atoms in total. The topological polar surface area (TPSA) is 75.8 Å². The Morgan fingerprint density at radius 1 is 1.58 bits per heavy atom. The quantitative estimate of drug-likeness (QED) is 0.816. The number of H-pyrrole nitrogens is 1. The van der Waals surface area contributed by atoms with Crippen LogP contribution in [0.2, 0.25) is 0 Å². The minimum absolute atomic E-state index is 0.0389. The third-order valence-corrected chi connectivity index (χ3v) is 3.18. The first-order valence-electron chi connectivity index (χ1n) is 5.98. The molecule has 2 rings (SSSR count). The van der Waals surface area contributed by atoms with Gasteiger partial charge in [0.05, 0.1) is 6.54 Å². The second kappa shape index (κ2) is 5.83. The Hall–Kier alpha value is -1.89. The maximum Gasteiger partial charge on any atom is 0.220 e. The summed E-state index contributed by atoms with van der Waals surface area (Å²) in [6.45, 7) is 2.24. The fraction of sp³-hybridized carbons (Fsp3) is 0.417. The van der Waals surface area contributed by atoms with Crippen LogP contribution in [0.15, 0.2) is 16.5 Å². The monoisotopic (exact) mass is 280 g/mol. The molecule has 0 aliphatic heterocycles. The summed E-state index contributed by atoms with van der Waals surface area (Å²) in [6, 6.07) is 3.78. The third-order valence-electron chi connectivity index (χ3n) is 2.81. The molecule has 0 unspecified atom stereocenters. The third kappa shape index (κ3) is 3.54. The van der Waals surface area contributed by atoms with Gasteiger partial charge in [-0.05, 0) is 31.3 Å². The van der Waals surface area contributed by atoms with Crippen LogP contribution in [0.25, 0.3) is 0 Å². The van der Waals surface area contributed by atoms with Crippen molar-refractivity contribution in [3.8, 4) is 0 Å². The Morgan fingerprint density at radius 2 is 2.37 bits per heavy atom. The van der Waals surface area contributed by atoms with Crippen LogP contribution >= 0.6 is 12.2 Å². The van der Waals surface area contributed by atoms with Crippen molar-refractivity contribution < 1.29 is 9.21 Å². The van der Waals surface area contributed by atoms with Crippen molar-refractivity contribution in [1.82, 2.24) is 20.1 Å². The zero-order chi connectivity index (χ0) is 13.8. The number of rotatable bonds is 5. The van der Waals surface area contributed by atoms with Crippen LogP contribution < -0.4 is 5.32 Å². The lowest BCUT2D eigenvalue weighted by Crippen LogP contribution is -2.24. The average molecular weight is 280 g/mol. The standard InChI is InChI=1S/C12H16N4O2S/c1-8-3-4-9(18-8)5-6-11(17)13-7-10-14-15-12(19)16(10)2/h3-4H,5-7H2,1-2H3,(H,13,17)(H,15,19). The second-order valence-corrected chi connectivity index (χ2v) is 4.68. The normalized spacial score (nSPS) is 10.6. The maximum absolute atomic E-state index is 11.7. The molecular weight excluding hydrogens is 264 g/mol. The maximum atomic E-state index is 11.7. The van der Waals surface area contributed by atoms with Crippen molar-refractivity contribution in [3.63, 3.8) is 0 Å². The molecule has 0 aliphatic rings. The summed E-state index contributed by atoms with van der Waals surface area (Å²) in [5.74, 6) is 2.35. The van der Waals surface area contributed by atoms with Crippen molar-refractivity contribution in [2.24, 2.45) is 7.05 Å². The van der Waals surface area contributed by atoms with Crippen molar-refractivity contribution in [1.29, 1.82) is 0 Å². The highest BCUT2D eigenvalue weighted by molar-refractivity contribution is 7.71. The van der Waals surface area contributed by atoms with E-state index in [4.69, 9.17) is 16.6 Å². The molecule has 0 aromatic carbocycles. The molecular formula is C12H16N4O2S. The number of aromatic amines is 1. The van der Waals surface area contributed by atoms with Gasteiger partial charge in [0, 0.05) is 19.9 Å². The Labute approximate surface area is 115 Å². The number of furan rings is 1. The zero-order valence-electron chi connectivity index (χ0n) is 10.9. The van der Waals surface area contributed by atoms with Crippen LogP contribution in [0, 0.1) is 11.7 Å². The SMILES string of the molecule is Cc1ccc(CCC(=O)NCc2n[nH]c(=S)n2C)o1. The molecule has 0 bridgehead atoms. The molecule has 102 valence electrons. The van der Waals surface area contributed by atoms with Gasteiger partial charge in [-0.1, -0.05) is 0 Å². The lowest BCUT2D eigenvalue weighted by molar-refractivity contribution is -0.121. The lowest BCUT2D eigenvalue weighted by atomic mass is 10.2. The summed E-state index contributed by atoms with van der Waals surface area (Å²) in [5.41, 5.74) is 0. The van der Waals surface area contributed by atoms with Crippen molar-refractivity contribution in [2.45, 2.75) is 26.3 Å². The first-order chi connectivity index (χ1) is 9.06. The molecule has 2 aromatic heterocycles. The first kappa shape index (κ1) is 13.5. The molecule has 2 aromatic rings. The summed E-state index contributed by atoms with van der Waals surface area (Å²) in [5, 5.41) is 9.49. The van der Waals surface area contributed by atoms with E-state index >= 15 is 0 Å². The van der Waals surface area contributed by atoms with Crippen LogP contribution in [0.5, 0.6) is 0 Å². The number of amides is 1. The molecule has 0 fully saturated rings. The van der Waals surface area contributed by atoms with Gasteiger partial charge in [0.2, 0.25) is 5.91 Å². The highest BCUT2D eigenvalue weighted by Gasteiger charge is 2.07. The number of hydrogen-bond acceptors (Lipinski definition) is 4. The Morgan fingerprint density at radius 3 is 2.95 bits per heavy atom. The zero-order valence-corrected chi connectivity index (χ0v) is 11.7. The first-order valence-corrected chi connectivity index (χ1v) is 6.39. The van der Waals surface area contributed by atoms with Gasteiger partial charge in [0.15, 0.2) is 10.6 Å². The van der Waals surface area contributed by atoms with E-state index in [2.05, 4.69) is 15.5 Å². The van der Waals surface area contributed by atoms with E-state index < -0.39 is 0 Å². The summed E-state index contributed by atoms with van der Waals surface area (Å²) in [7, 11) is 1.80. The van der Waals surface area contributed by atoms with E-state index in [-0.39, 0.29) is 5.91 Å². The smallest absolute Gasteiger partial charge is 0.220 e. The molecule has 0 saturated heterocycles. The van der Waals surface area contributed by atoms with Crippen molar-refractivity contribution >= 4 is 18.1 Å². The van der Waals surface area contributed by atoms with Gasteiger partial charge in [-0.15, -0.1) is 0 Å². The molecule has 0 atom stereocenters. The van der Waals surface area contributed by atoms with Gasteiger partial charge in [0.1, 0.15) is 11.5 Å². The Balaban J connectivity index is 1.79. The van der Waals surface area contributed by atoms with Crippen LogP contribution in [0.1, 0.15) is 23.8 Å². The minimum atomic E-state index is -0.0389.